The normalized spacial score (nSPS) is 12.7. The van der Waals surface area contributed by atoms with E-state index in [1.165, 1.54) is 5.69 Å². The van der Waals surface area contributed by atoms with Gasteiger partial charge >= 0.3 is 0 Å². The molecule has 2 heterocycles. The van der Waals surface area contributed by atoms with Gasteiger partial charge in [0.1, 0.15) is 6.67 Å². The van der Waals surface area contributed by atoms with E-state index >= 15 is 0 Å². The molecule has 22 heavy (non-hydrogen) atoms. The zero-order chi connectivity index (χ0) is 14.1. The fourth-order valence-corrected chi connectivity index (χ4v) is 2.73. The molecule has 0 bridgehead atoms. The van der Waals surface area contributed by atoms with E-state index in [1.807, 2.05) is 24.4 Å². The van der Waals surface area contributed by atoms with Crippen molar-refractivity contribution in [3.05, 3.63) is 79.0 Å². The summed E-state index contributed by atoms with van der Waals surface area (Å²) in [7, 11) is 0. The van der Waals surface area contributed by atoms with Crippen molar-refractivity contribution in [1.82, 2.24) is 4.98 Å². The van der Waals surface area contributed by atoms with Gasteiger partial charge in [0.2, 0.25) is 0 Å². The lowest BCUT2D eigenvalue weighted by Crippen LogP contribution is -2.23. The van der Waals surface area contributed by atoms with Gasteiger partial charge in [-0.2, -0.15) is 0 Å². The first-order chi connectivity index (χ1) is 10.4. The Morgan fingerprint density at radius 1 is 0.682 bits per heavy atom. The SMILES string of the molecule is Cl.c1ccc(N2CN(c3ccccc3)c3ncccc32)cc1. The van der Waals surface area contributed by atoms with Crippen LogP contribution in [0.15, 0.2) is 79.0 Å². The molecule has 0 fully saturated rings. The summed E-state index contributed by atoms with van der Waals surface area (Å²) in [4.78, 5) is 9.10. The number of rotatable bonds is 2. The molecule has 1 aromatic heterocycles. The number of pyridine rings is 1. The summed E-state index contributed by atoms with van der Waals surface area (Å²) in [6, 6.07) is 24.9. The van der Waals surface area contributed by atoms with Crippen LogP contribution >= 0.6 is 12.4 Å². The molecule has 0 unspecified atom stereocenters. The molecule has 0 N–H and O–H groups in total. The maximum absolute atomic E-state index is 4.58. The highest BCUT2D eigenvalue weighted by Gasteiger charge is 2.28. The molecule has 0 amide bonds. The number of hydrogen-bond acceptors (Lipinski definition) is 3. The fraction of sp³-hybridized carbons (Fsp3) is 0.0556. The zero-order valence-corrected chi connectivity index (χ0v) is 12.8. The third kappa shape index (κ3) is 2.40. The van der Waals surface area contributed by atoms with E-state index in [0.29, 0.717) is 0 Å². The van der Waals surface area contributed by atoms with E-state index in [4.69, 9.17) is 0 Å². The summed E-state index contributed by atoms with van der Waals surface area (Å²) in [5.41, 5.74) is 3.49. The van der Waals surface area contributed by atoms with Crippen LogP contribution in [0.25, 0.3) is 0 Å². The fourth-order valence-electron chi connectivity index (χ4n) is 2.73. The molecule has 0 radical (unpaired) electrons. The molecular formula is C18H16ClN3. The molecule has 0 aliphatic carbocycles. The second-order valence-corrected chi connectivity index (χ2v) is 5.01. The first kappa shape index (κ1) is 14.4. The van der Waals surface area contributed by atoms with Gasteiger partial charge in [-0.25, -0.2) is 4.98 Å². The Balaban J connectivity index is 0.00000144. The summed E-state index contributed by atoms with van der Waals surface area (Å²) in [5, 5.41) is 0. The molecule has 4 heteroatoms. The van der Waals surface area contributed by atoms with Crippen LogP contribution in [0.5, 0.6) is 0 Å². The molecule has 110 valence electrons. The Bertz CT molecular complexity index is 682. The van der Waals surface area contributed by atoms with Gasteiger partial charge in [-0.3, -0.25) is 0 Å². The average Bonchev–Trinajstić information content (AvgIpc) is 2.96. The second-order valence-electron chi connectivity index (χ2n) is 5.01. The number of benzene rings is 2. The van der Waals surface area contributed by atoms with Gasteiger partial charge in [0, 0.05) is 17.6 Å². The lowest BCUT2D eigenvalue weighted by molar-refractivity contribution is 0.981. The molecule has 1 aliphatic heterocycles. The molecule has 3 aromatic rings. The van der Waals surface area contributed by atoms with Crippen molar-refractivity contribution in [3.8, 4) is 0 Å². The van der Waals surface area contributed by atoms with Crippen molar-refractivity contribution >= 4 is 35.3 Å². The van der Waals surface area contributed by atoms with Crippen molar-refractivity contribution in [2.45, 2.75) is 0 Å². The minimum Gasteiger partial charge on any atom is -0.320 e. The molecule has 0 saturated carbocycles. The minimum absolute atomic E-state index is 0. The molecule has 0 atom stereocenters. The summed E-state index contributed by atoms with van der Waals surface area (Å²) < 4.78 is 0. The second kappa shape index (κ2) is 6.08. The average molecular weight is 310 g/mol. The minimum atomic E-state index is 0. The van der Waals surface area contributed by atoms with Crippen LogP contribution < -0.4 is 9.80 Å². The van der Waals surface area contributed by atoms with Crippen LogP contribution in [0.4, 0.5) is 22.9 Å². The molecule has 0 spiro atoms. The predicted molar refractivity (Wildman–Crippen MR) is 93.5 cm³/mol. The first-order valence-electron chi connectivity index (χ1n) is 7.04. The Morgan fingerprint density at radius 2 is 1.27 bits per heavy atom. The predicted octanol–water partition coefficient (Wildman–Crippen LogP) is 4.75. The van der Waals surface area contributed by atoms with Crippen molar-refractivity contribution in [2.75, 3.05) is 16.5 Å². The highest BCUT2D eigenvalue weighted by molar-refractivity contribution is 5.85. The van der Waals surface area contributed by atoms with Crippen molar-refractivity contribution in [2.24, 2.45) is 0 Å². The monoisotopic (exact) mass is 309 g/mol. The smallest absolute Gasteiger partial charge is 0.158 e. The largest absolute Gasteiger partial charge is 0.320 e. The van der Waals surface area contributed by atoms with Gasteiger partial charge in [-0.05, 0) is 36.4 Å². The molecule has 1 aliphatic rings. The van der Waals surface area contributed by atoms with Crippen molar-refractivity contribution < 1.29 is 0 Å². The van der Waals surface area contributed by atoms with Crippen LogP contribution in [-0.2, 0) is 0 Å². The molecule has 4 rings (SSSR count). The van der Waals surface area contributed by atoms with E-state index in [2.05, 4.69) is 69.4 Å². The lowest BCUT2D eigenvalue weighted by atomic mass is 10.3. The number of nitrogens with zero attached hydrogens (tertiary/aromatic N) is 3. The number of para-hydroxylation sites is 2. The number of fused-ring (bicyclic) bond motifs is 1. The standard InChI is InChI=1S/C18H15N3.ClH/c1-3-8-15(9-4-1)20-14-21(16-10-5-2-6-11-16)18-17(20)12-7-13-19-18;/h1-13H,14H2;1H. The Labute approximate surface area is 136 Å². The van der Waals surface area contributed by atoms with Gasteiger partial charge in [-0.15, -0.1) is 12.4 Å². The van der Waals surface area contributed by atoms with Gasteiger partial charge < -0.3 is 9.80 Å². The van der Waals surface area contributed by atoms with Crippen LogP contribution in [0.3, 0.4) is 0 Å². The third-order valence-corrected chi connectivity index (χ3v) is 3.73. The number of anilines is 4. The Hall–Kier alpha value is -2.52. The maximum atomic E-state index is 4.58. The van der Waals surface area contributed by atoms with Crippen molar-refractivity contribution in [1.29, 1.82) is 0 Å². The molecule has 2 aromatic carbocycles. The summed E-state index contributed by atoms with van der Waals surface area (Å²) in [6.45, 7) is 0.778. The third-order valence-electron chi connectivity index (χ3n) is 3.73. The molecule has 0 saturated heterocycles. The quantitative estimate of drug-likeness (QED) is 0.681. The van der Waals surface area contributed by atoms with Crippen LogP contribution in [0, 0.1) is 0 Å². The van der Waals surface area contributed by atoms with Gasteiger partial charge in [0.05, 0.1) is 5.69 Å². The summed E-state index contributed by atoms with van der Waals surface area (Å²) in [6.07, 6.45) is 1.85. The van der Waals surface area contributed by atoms with Crippen molar-refractivity contribution in [3.63, 3.8) is 0 Å². The first-order valence-corrected chi connectivity index (χ1v) is 7.04. The zero-order valence-electron chi connectivity index (χ0n) is 12.0. The number of hydrogen-bond donors (Lipinski definition) is 0. The van der Waals surface area contributed by atoms with E-state index in [-0.39, 0.29) is 12.4 Å². The van der Waals surface area contributed by atoms with Crippen LogP contribution in [-0.4, -0.2) is 11.7 Å². The van der Waals surface area contributed by atoms with Crippen LogP contribution in [0.2, 0.25) is 0 Å². The van der Waals surface area contributed by atoms with Gasteiger partial charge in [-0.1, -0.05) is 36.4 Å². The lowest BCUT2D eigenvalue weighted by Gasteiger charge is -2.21. The summed E-state index contributed by atoms with van der Waals surface area (Å²) >= 11 is 0. The maximum Gasteiger partial charge on any atom is 0.158 e. The van der Waals surface area contributed by atoms with E-state index < -0.39 is 0 Å². The number of halogens is 1. The van der Waals surface area contributed by atoms with E-state index in [1.54, 1.807) is 0 Å². The molecular weight excluding hydrogens is 294 g/mol. The highest BCUT2D eigenvalue weighted by Crippen LogP contribution is 2.42. The van der Waals surface area contributed by atoms with Crippen LogP contribution in [0.1, 0.15) is 0 Å². The highest BCUT2D eigenvalue weighted by atomic mass is 35.5. The summed E-state index contributed by atoms with van der Waals surface area (Å²) in [5.74, 6) is 1.01. The van der Waals surface area contributed by atoms with E-state index in [0.717, 1.165) is 23.9 Å². The Morgan fingerprint density at radius 3 is 1.91 bits per heavy atom. The van der Waals surface area contributed by atoms with E-state index in [9.17, 15) is 0 Å². The Kier molecular flexibility index (Phi) is 3.98. The molecule has 3 nitrogen and oxygen atoms in total. The van der Waals surface area contributed by atoms with Gasteiger partial charge in [0.25, 0.3) is 0 Å². The topological polar surface area (TPSA) is 19.4 Å². The van der Waals surface area contributed by atoms with Gasteiger partial charge in [0.15, 0.2) is 5.82 Å². The number of aromatic nitrogens is 1.